The highest BCUT2D eigenvalue weighted by Crippen LogP contribution is 2.65. The molecule has 2 unspecified atom stereocenters. The van der Waals surface area contributed by atoms with Gasteiger partial charge in [-0.1, -0.05) is 26.0 Å². The summed E-state index contributed by atoms with van der Waals surface area (Å²) in [4.78, 5) is 50.2. The van der Waals surface area contributed by atoms with Crippen LogP contribution in [0.2, 0.25) is 0 Å². The van der Waals surface area contributed by atoms with E-state index in [0.717, 1.165) is 18.8 Å². The van der Waals surface area contributed by atoms with Crippen LogP contribution in [0.5, 0.6) is 0 Å². The van der Waals surface area contributed by atoms with E-state index in [4.69, 9.17) is 4.74 Å². The van der Waals surface area contributed by atoms with Crippen molar-refractivity contribution in [3.05, 3.63) is 49.6 Å². The molecule has 1 N–H and O–H groups in total. The summed E-state index contributed by atoms with van der Waals surface area (Å²) in [5.41, 5.74) is -0.239. The van der Waals surface area contributed by atoms with Gasteiger partial charge in [-0.2, -0.15) is 0 Å². The molecule has 0 radical (unpaired) electrons. The maximum atomic E-state index is 14.8. The molecule has 1 spiro atoms. The number of aliphatic hydroxyl groups excluding tert-OH is 1. The highest BCUT2D eigenvalue weighted by molar-refractivity contribution is 6.05. The predicted octanol–water partition coefficient (Wildman–Crippen LogP) is 3.62. The summed E-state index contributed by atoms with van der Waals surface area (Å²) in [6, 6.07) is 6.29. The van der Waals surface area contributed by atoms with E-state index in [9.17, 15) is 19.5 Å². The van der Waals surface area contributed by atoms with Crippen molar-refractivity contribution < 1.29 is 24.2 Å². The van der Waals surface area contributed by atoms with E-state index >= 15 is 0 Å². The molecular formula is C33H48N4O5. The summed E-state index contributed by atoms with van der Waals surface area (Å²) in [6.07, 6.45) is 5.42. The SMILES string of the molecule is C=CCN(C)C(=O)[C@@H]1[C@H]2C(=O)N([C@@H](CC)CO)C(C(=O)N(CC=C)c3ccc(N(CC)CC)cc3)C23CC[C@@]1(CC)O3. The van der Waals surface area contributed by atoms with Gasteiger partial charge in [0.15, 0.2) is 0 Å². The molecule has 2 bridgehead atoms. The Hall–Kier alpha value is -3.17. The molecule has 3 aliphatic heterocycles. The number of rotatable bonds is 14. The fourth-order valence-electron chi connectivity index (χ4n) is 7.67. The molecule has 9 nitrogen and oxygen atoms in total. The van der Waals surface area contributed by atoms with Gasteiger partial charge in [0.1, 0.15) is 11.6 Å². The summed E-state index contributed by atoms with van der Waals surface area (Å²) >= 11 is 0. The molecule has 42 heavy (non-hydrogen) atoms. The number of nitrogens with zero attached hydrogens (tertiary/aromatic N) is 4. The van der Waals surface area contributed by atoms with Crippen LogP contribution in [-0.4, -0.2) is 95.7 Å². The number of carbonyl (C=O) groups excluding carboxylic acids is 3. The van der Waals surface area contributed by atoms with E-state index in [-0.39, 0.29) is 30.9 Å². The molecule has 1 aromatic carbocycles. The second kappa shape index (κ2) is 12.6. The van der Waals surface area contributed by atoms with E-state index < -0.39 is 35.1 Å². The Labute approximate surface area is 250 Å². The molecule has 3 heterocycles. The Morgan fingerprint density at radius 3 is 2.19 bits per heavy atom. The molecule has 0 aromatic heterocycles. The molecule has 4 rings (SSSR count). The van der Waals surface area contributed by atoms with Crippen molar-refractivity contribution in [1.29, 1.82) is 0 Å². The molecule has 3 saturated heterocycles. The van der Waals surface area contributed by atoms with Crippen molar-refractivity contribution in [2.45, 2.75) is 76.7 Å². The number of anilines is 2. The number of aliphatic hydroxyl groups is 1. The number of fused-ring (bicyclic) bond motifs is 1. The molecule has 3 amide bonds. The van der Waals surface area contributed by atoms with Gasteiger partial charge in [0.25, 0.3) is 5.91 Å². The average Bonchev–Trinajstić information content (AvgIpc) is 3.61. The molecule has 230 valence electrons. The molecule has 6 atom stereocenters. The minimum atomic E-state index is -1.16. The van der Waals surface area contributed by atoms with Gasteiger partial charge in [0.05, 0.1) is 30.1 Å². The summed E-state index contributed by atoms with van der Waals surface area (Å²) in [5, 5.41) is 10.4. The lowest BCUT2D eigenvalue weighted by Crippen LogP contribution is -2.59. The maximum Gasteiger partial charge on any atom is 0.253 e. The molecular weight excluding hydrogens is 532 g/mol. The highest BCUT2D eigenvalue weighted by atomic mass is 16.5. The number of benzene rings is 1. The van der Waals surface area contributed by atoms with Gasteiger partial charge in [-0.25, -0.2) is 0 Å². The van der Waals surface area contributed by atoms with Crippen LogP contribution in [-0.2, 0) is 19.1 Å². The van der Waals surface area contributed by atoms with Crippen LogP contribution in [0.25, 0.3) is 0 Å². The first-order chi connectivity index (χ1) is 20.1. The van der Waals surface area contributed by atoms with Crippen LogP contribution < -0.4 is 9.80 Å². The van der Waals surface area contributed by atoms with Crippen LogP contribution in [0, 0.1) is 11.8 Å². The summed E-state index contributed by atoms with van der Waals surface area (Å²) < 4.78 is 6.90. The molecule has 9 heteroatoms. The quantitative estimate of drug-likeness (QED) is 0.338. The number of amides is 3. The Morgan fingerprint density at radius 1 is 1.05 bits per heavy atom. The fraction of sp³-hybridized carbons (Fsp3) is 0.606. The van der Waals surface area contributed by atoms with Crippen molar-refractivity contribution >= 4 is 29.1 Å². The first kappa shape index (κ1) is 31.8. The number of hydrogen-bond donors (Lipinski definition) is 1. The third-order valence-electron chi connectivity index (χ3n) is 9.84. The Balaban J connectivity index is 1.82. The second-order valence-corrected chi connectivity index (χ2v) is 11.8. The molecule has 1 aromatic rings. The summed E-state index contributed by atoms with van der Waals surface area (Å²) in [6.45, 7) is 17.8. The minimum absolute atomic E-state index is 0.170. The minimum Gasteiger partial charge on any atom is -0.394 e. The topological polar surface area (TPSA) is 93.6 Å². The van der Waals surface area contributed by atoms with Crippen molar-refractivity contribution in [2.75, 3.05) is 49.6 Å². The molecule has 0 saturated carbocycles. The van der Waals surface area contributed by atoms with Gasteiger partial charge < -0.3 is 29.4 Å². The summed E-state index contributed by atoms with van der Waals surface area (Å²) in [5.74, 6) is -2.27. The van der Waals surface area contributed by atoms with Crippen LogP contribution >= 0.6 is 0 Å². The van der Waals surface area contributed by atoms with E-state index in [2.05, 4.69) is 31.9 Å². The van der Waals surface area contributed by atoms with Gasteiger partial charge in [-0.15, -0.1) is 13.2 Å². The normalized spacial score (nSPS) is 28.4. The Kier molecular flexibility index (Phi) is 9.52. The standard InChI is InChI=1S/C33H48N4O5/c1-8-20-34(7)29(39)26-27-30(40)37(23(10-3)22-38)28(33(27)19-18-32(26,11-4)42-33)31(41)36(21-9-2)25-16-14-24(15-17-25)35(12-5)13-6/h8-9,14-17,23,26-28,38H,1-2,10-13,18-22H2,3-7H3/t23-,26-,27-,28?,32+,33?/m0/s1. The van der Waals surface area contributed by atoms with Crippen LogP contribution in [0.3, 0.4) is 0 Å². The first-order valence-electron chi connectivity index (χ1n) is 15.4. The number of likely N-dealkylation sites (N-methyl/N-ethyl adjacent to an activating group) is 1. The zero-order chi connectivity index (χ0) is 30.8. The van der Waals surface area contributed by atoms with Crippen LogP contribution in [0.1, 0.15) is 53.4 Å². The lowest BCUT2D eigenvalue weighted by atomic mass is 9.64. The lowest BCUT2D eigenvalue weighted by Gasteiger charge is -2.39. The summed E-state index contributed by atoms with van der Waals surface area (Å²) in [7, 11) is 1.71. The lowest BCUT2D eigenvalue weighted by molar-refractivity contribution is -0.153. The maximum absolute atomic E-state index is 14.8. The zero-order valence-corrected chi connectivity index (χ0v) is 25.9. The fourth-order valence-corrected chi connectivity index (χ4v) is 7.67. The smallest absolute Gasteiger partial charge is 0.253 e. The van der Waals surface area contributed by atoms with Crippen molar-refractivity contribution in [3.8, 4) is 0 Å². The predicted molar refractivity (Wildman–Crippen MR) is 165 cm³/mol. The largest absolute Gasteiger partial charge is 0.394 e. The number of hydrogen-bond acceptors (Lipinski definition) is 6. The Bertz CT molecular complexity index is 1180. The third-order valence-corrected chi connectivity index (χ3v) is 9.84. The van der Waals surface area contributed by atoms with E-state index in [0.29, 0.717) is 37.9 Å². The van der Waals surface area contributed by atoms with Gasteiger partial charge in [0, 0.05) is 44.6 Å². The van der Waals surface area contributed by atoms with E-state index in [1.165, 1.54) is 0 Å². The van der Waals surface area contributed by atoms with Gasteiger partial charge >= 0.3 is 0 Å². The van der Waals surface area contributed by atoms with Crippen molar-refractivity contribution in [1.82, 2.24) is 9.80 Å². The van der Waals surface area contributed by atoms with Crippen LogP contribution in [0.4, 0.5) is 11.4 Å². The first-order valence-corrected chi connectivity index (χ1v) is 15.4. The third kappa shape index (κ3) is 4.84. The second-order valence-electron chi connectivity index (χ2n) is 11.8. The van der Waals surface area contributed by atoms with E-state index in [1.807, 2.05) is 38.1 Å². The zero-order valence-electron chi connectivity index (χ0n) is 25.9. The van der Waals surface area contributed by atoms with E-state index in [1.54, 1.807) is 33.9 Å². The van der Waals surface area contributed by atoms with Gasteiger partial charge in [0.2, 0.25) is 11.8 Å². The highest BCUT2D eigenvalue weighted by Gasteiger charge is 2.79. The monoisotopic (exact) mass is 580 g/mol. The molecule has 3 fully saturated rings. The van der Waals surface area contributed by atoms with Crippen molar-refractivity contribution in [2.24, 2.45) is 11.8 Å². The van der Waals surface area contributed by atoms with Gasteiger partial charge in [-0.3, -0.25) is 14.4 Å². The van der Waals surface area contributed by atoms with Crippen molar-refractivity contribution in [3.63, 3.8) is 0 Å². The average molecular weight is 581 g/mol. The number of carbonyl (C=O) groups is 3. The van der Waals surface area contributed by atoms with Gasteiger partial charge in [-0.05, 0) is 63.8 Å². The molecule has 3 aliphatic rings. The number of likely N-dealkylation sites (tertiary alicyclic amines) is 1. The Morgan fingerprint density at radius 2 is 1.67 bits per heavy atom. The number of ether oxygens (including phenoxy) is 1. The van der Waals surface area contributed by atoms with Crippen LogP contribution in [0.15, 0.2) is 49.6 Å². The molecule has 0 aliphatic carbocycles.